The van der Waals surface area contributed by atoms with E-state index in [2.05, 4.69) is 11.9 Å². The molecule has 0 radical (unpaired) electrons. The normalized spacial score (nSPS) is 29.4. The molecule has 3 rings (SSSR count). The Balaban J connectivity index is 0.00000192. The SMILES string of the molecule is CN1C2CCC1CC(OC(=O)C(C)(CO)c1ccccc1)C2.Cl. The van der Waals surface area contributed by atoms with Crippen molar-refractivity contribution in [3.8, 4) is 0 Å². The van der Waals surface area contributed by atoms with E-state index in [4.69, 9.17) is 4.74 Å². The van der Waals surface area contributed by atoms with Crippen LogP contribution in [0, 0.1) is 0 Å². The average Bonchev–Trinajstić information content (AvgIpc) is 2.76. The fraction of sp³-hybridized carbons (Fsp3) is 0.611. The van der Waals surface area contributed by atoms with Gasteiger partial charge in [-0.2, -0.15) is 0 Å². The van der Waals surface area contributed by atoms with Crippen LogP contribution >= 0.6 is 12.4 Å². The number of halogens is 1. The summed E-state index contributed by atoms with van der Waals surface area (Å²) in [5.74, 6) is -0.310. The maximum absolute atomic E-state index is 12.7. The molecule has 0 aliphatic carbocycles. The van der Waals surface area contributed by atoms with Gasteiger partial charge in [0.15, 0.2) is 0 Å². The average molecular weight is 340 g/mol. The lowest BCUT2D eigenvalue weighted by atomic mass is 9.83. The first kappa shape index (κ1) is 18.2. The smallest absolute Gasteiger partial charge is 0.318 e. The monoisotopic (exact) mass is 339 g/mol. The number of piperidine rings is 1. The van der Waals surface area contributed by atoms with Gasteiger partial charge in [0, 0.05) is 12.1 Å². The zero-order valence-electron chi connectivity index (χ0n) is 13.8. The lowest BCUT2D eigenvalue weighted by molar-refractivity contribution is -0.160. The Morgan fingerprint density at radius 2 is 1.83 bits per heavy atom. The van der Waals surface area contributed by atoms with Gasteiger partial charge in [0.05, 0.1) is 6.61 Å². The summed E-state index contributed by atoms with van der Waals surface area (Å²) in [6.07, 6.45) is 4.20. The number of aliphatic hydroxyl groups excluding tert-OH is 1. The third kappa shape index (κ3) is 3.39. The maximum Gasteiger partial charge on any atom is 0.318 e. The second-order valence-electron chi connectivity index (χ2n) is 6.91. The Morgan fingerprint density at radius 3 is 2.35 bits per heavy atom. The largest absolute Gasteiger partial charge is 0.462 e. The lowest BCUT2D eigenvalue weighted by Crippen LogP contribution is -2.46. The van der Waals surface area contributed by atoms with Crippen LogP contribution in [-0.4, -0.2) is 47.8 Å². The summed E-state index contributed by atoms with van der Waals surface area (Å²) in [4.78, 5) is 15.1. The number of fused-ring (bicyclic) bond motifs is 2. The van der Waals surface area contributed by atoms with Crippen molar-refractivity contribution in [2.45, 2.75) is 56.2 Å². The van der Waals surface area contributed by atoms with E-state index in [0.717, 1.165) is 18.4 Å². The Morgan fingerprint density at radius 1 is 1.26 bits per heavy atom. The summed E-state index contributed by atoms with van der Waals surface area (Å²) < 4.78 is 5.81. The van der Waals surface area contributed by atoms with Crippen molar-refractivity contribution < 1.29 is 14.6 Å². The molecule has 1 aromatic rings. The summed E-state index contributed by atoms with van der Waals surface area (Å²) in [7, 11) is 2.17. The van der Waals surface area contributed by atoms with Crippen molar-refractivity contribution in [3.63, 3.8) is 0 Å². The fourth-order valence-corrected chi connectivity index (χ4v) is 3.82. The van der Waals surface area contributed by atoms with E-state index < -0.39 is 5.41 Å². The molecule has 3 atom stereocenters. The minimum absolute atomic E-state index is 0. The van der Waals surface area contributed by atoms with Crippen LogP contribution in [0.4, 0.5) is 0 Å². The molecule has 0 aromatic heterocycles. The first-order valence-corrected chi connectivity index (χ1v) is 8.14. The highest BCUT2D eigenvalue weighted by atomic mass is 35.5. The molecule has 2 bridgehead atoms. The zero-order valence-corrected chi connectivity index (χ0v) is 14.6. The van der Waals surface area contributed by atoms with Gasteiger partial charge in [-0.25, -0.2) is 0 Å². The molecule has 5 heteroatoms. The molecule has 1 aromatic carbocycles. The number of hydrogen-bond donors (Lipinski definition) is 1. The maximum atomic E-state index is 12.7. The molecule has 0 amide bonds. The predicted octanol–water partition coefficient (Wildman–Crippen LogP) is 2.53. The molecule has 23 heavy (non-hydrogen) atoms. The summed E-state index contributed by atoms with van der Waals surface area (Å²) in [6.45, 7) is 1.52. The molecule has 2 saturated heterocycles. The van der Waals surface area contributed by atoms with Crippen LogP contribution in [0.1, 0.15) is 38.2 Å². The number of carbonyl (C=O) groups excluding carboxylic acids is 1. The molecule has 2 aliphatic rings. The standard InChI is InChI=1S/C18H25NO3.ClH/c1-18(12-20,13-6-4-3-5-7-13)17(21)22-16-10-14-8-9-15(11-16)19(14)2;/h3-7,14-16,20H,8-12H2,1-2H3;1H. The second-order valence-corrected chi connectivity index (χ2v) is 6.91. The van der Waals surface area contributed by atoms with Crippen LogP contribution in [0.5, 0.6) is 0 Å². The van der Waals surface area contributed by atoms with Crippen LogP contribution in [0.3, 0.4) is 0 Å². The summed E-state index contributed by atoms with van der Waals surface area (Å²) in [5, 5.41) is 9.79. The van der Waals surface area contributed by atoms with Crippen molar-refractivity contribution >= 4 is 18.4 Å². The van der Waals surface area contributed by atoms with Gasteiger partial charge in [-0.3, -0.25) is 4.79 Å². The van der Waals surface area contributed by atoms with Gasteiger partial charge in [-0.05, 0) is 45.2 Å². The van der Waals surface area contributed by atoms with Gasteiger partial charge in [-0.15, -0.1) is 12.4 Å². The van der Waals surface area contributed by atoms with Crippen molar-refractivity contribution in [3.05, 3.63) is 35.9 Å². The number of carbonyl (C=O) groups is 1. The van der Waals surface area contributed by atoms with Gasteiger partial charge < -0.3 is 14.7 Å². The Kier molecular flexibility index (Phi) is 5.71. The first-order chi connectivity index (χ1) is 10.5. The molecule has 128 valence electrons. The summed E-state index contributed by atoms with van der Waals surface area (Å²) in [5.41, 5.74) is -0.178. The van der Waals surface area contributed by atoms with E-state index in [1.807, 2.05) is 30.3 Å². The van der Waals surface area contributed by atoms with E-state index in [-0.39, 0.29) is 31.1 Å². The Hall–Kier alpha value is -1.10. The number of esters is 1. The molecule has 2 aliphatic heterocycles. The second kappa shape index (κ2) is 7.20. The number of aliphatic hydroxyl groups is 1. The highest BCUT2D eigenvalue weighted by molar-refractivity contribution is 5.85. The predicted molar refractivity (Wildman–Crippen MR) is 91.8 cm³/mol. The Bertz CT molecular complexity index is 524. The Labute approximate surface area is 144 Å². The first-order valence-electron chi connectivity index (χ1n) is 8.14. The van der Waals surface area contributed by atoms with Gasteiger partial charge in [0.2, 0.25) is 0 Å². The molecule has 2 heterocycles. The molecule has 2 fully saturated rings. The topological polar surface area (TPSA) is 49.8 Å². The summed E-state index contributed by atoms with van der Waals surface area (Å²) in [6, 6.07) is 10.5. The highest BCUT2D eigenvalue weighted by Gasteiger charge is 2.43. The van der Waals surface area contributed by atoms with E-state index in [1.165, 1.54) is 12.8 Å². The van der Waals surface area contributed by atoms with Gasteiger partial charge in [0.1, 0.15) is 11.5 Å². The number of hydrogen-bond acceptors (Lipinski definition) is 4. The van der Waals surface area contributed by atoms with Gasteiger partial charge in [-0.1, -0.05) is 30.3 Å². The molecule has 0 saturated carbocycles. The van der Waals surface area contributed by atoms with E-state index >= 15 is 0 Å². The third-order valence-electron chi connectivity index (χ3n) is 5.51. The summed E-state index contributed by atoms with van der Waals surface area (Å²) >= 11 is 0. The lowest BCUT2D eigenvalue weighted by Gasteiger charge is -2.37. The molecular weight excluding hydrogens is 314 g/mol. The number of nitrogens with zero attached hydrogens (tertiary/aromatic N) is 1. The number of ether oxygens (including phenoxy) is 1. The number of rotatable bonds is 4. The van der Waals surface area contributed by atoms with E-state index in [0.29, 0.717) is 12.1 Å². The van der Waals surface area contributed by atoms with Crippen molar-refractivity contribution in [2.75, 3.05) is 13.7 Å². The third-order valence-corrected chi connectivity index (χ3v) is 5.51. The minimum Gasteiger partial charge on any atom is -0.462 e. The van der Waals surface area contributed by atoms with Crippen LogP contribution in [0.15, 0.2) is 30.3 Å². The molecule has 1 N–H and O–H groups in total. The van der Waals surface area contributed by atoms with Crippen molar-refractivity contribution in [2.24, 2.45) is 0 Å². The van der Waals surface area contributed by atoms with Gasteiger partial charge in [0.25, 0.3) is 0 Å². The quantitative estimate of drug-likeness (QED) is 0.856. The van der Waals surface area contributed by atoms with Gasteiger partial charge >= 0.3 is 5.97 Å². The van der Waals surface area contributed by atoms with Crippen LogP contribution in [0.25, 0.3) is 0 Å². The fourth-order valence-electron chi connectivity index (χ4n) is 3.82. The molecule has 4 nitrogen and oxygen atoms in total. The minimum atomic E-state index is -0.982. The number of benzene rings is 1. The molecule has 3 unspecified atom stereocenters. The van der Waals surface area contributed by atoms with Crippen LogP contribution in [-0.2, 0) is 14.9 Å². The molecule has 0 spiro atoms. The van der Waals surface area contributed by atoms with E-state index in [1.54, 1.807) is 6.92 Å². The van der Waals surface area contributed by atoms with Crippen molar-refractivity contribution in [1.29, 1.82) is 0 Å². The van der Waals surface area contributed by atoms with Crippen molar-refractivity contribution in [1.82, 2.24) is 4.90 Å². The van der Waals surface area contributed by atoms with E-state index in [9.17, 15) is 9.90 Å². The van der Waals surface area contributed by atoms with Crippen LogP contribution < -0.4 is 0 Å². The molecular formula is C18H26ClNO3. The zero-order chi connectivity index (χ0) is 15.7. The van der Waals surface area contributed by atoms with Crippen LogP contribution in [0.2, 0.25) is 0 Å². The highest BCUT2D eigenvalue weighted by Crippen LogP contribution is 2.36.